The molecule has 1 heterocycles. The third-order valence-corrected chi connectivity index (χ3v) is 3.25. The second-order valence-corrected chi connectivity index (χ2v) is 4.81. The average Bonchev–Trinajstić information content (AvgIpc) is 3.00. The van der Waals surface area contributed by atoms with Crippen LogP contribution in [0.25, 0.3) is 0 Å². The Morgan fingerprint density at radius 1 is 1.29 bits per heavy atom. The minimum absolute atomic E-state index is 0.174. The van der Waals surface area contributed by atoms with E-state index in [9.17, 15) is 9.59 Å². The molecule has 0 saturated heterocycles. The first kappa shape index (κ1) is 15.1. The molecule has 1 amide bonds. The molecule has 0 spiro atoms. The molecule has 2 aromatic rings. The first-order valence-corrected chi connectivity index (χ1v) is 6.76. The lowest BCUT2D eigenvalue weighted by atomic mass is 10.2. The summed E-state index contributed by atoms with van der Waals surface area (Å²) < 4.78 is 6.54. The van der Waals surface area contributed by atoms with E-state index in [1.807, 2.05) is 29.1 Å². The van der Waals surface area contributed by atoms with Gasteiger partial charge >= 0.3 is 5.97 Å². The smallest absolute Gasteiger partial charge is 0.337 e. The molecule has 2 rings (SSSR count). The van der Waals surface area contributed by atoms with Crippen LogP contribution in [0.1, 0.15) is 16.8 Å². The van der Waals surface area contributed by atoms with Crippen LogP contribution in [-0.2, 0) is 16.1 Å². The molecule has 1 N–H and O–H groups in total. The van der Waals surface area contributed by atoms with Crippen molar-refractivity contribution >= 4 is 29.2 Å². The second kappa shape index (κ2) is 6.95. The van der Waals surface area contributed by atoms with Crippen LogP contribution < -0.4 is 5.32 Å². The molecule has 1 aromatic carbocycles. The Morgan fingerprint density at radius 3 is 2.67 bits per heavy atom. The third kappa shape index (κ3) is 4.10. The second-order valence-electron chi connectivity index (χ2n) is 4.41. The van der Waals surface area contributed by atoms with Crippen LogP contribution in [-0.4, -0.2) is 23.6 Å². The van der Waals surface area contributed by atoms with Crippen LogP contribution in [0.15, 0.2) is 42.7 Å². The molecule has 0 saturated carbocycles. The maximum absolute atomic E-state index is 11.9. The molecule has 0 aliphatic heterocycles. The number of aromatic nitrogens is 1. The number of aryl methyl sites for hydroxylation is 1. The van der Waals surface area contributed by atoms with E-state index < -0.39 is 5.97 Å². The van der Waals surface area contributed by atoms with Gasteiger partial charge in [-0.1, -0.05) is 11.6 Å². The van der Waals surface area contributed by atoms with E-state index in [1.54, 1.807) is 12.1 Å². The first-order chi connectivity index (χ1) is 10.1. The van der Waals surface area contributed by atoms with Gasteiger partial charge < -0.3 is 14.6 Å². The predicted octanol–water partition coefficient (Wildman–Crippen LogP) is 2.96. The van der Waals surface area contributed by atoms with E-state index >= 15 is 0 Å². The van der Waals surface area contributed by atoms with E-state index in [0.29, 0.717) is 29.2 Å². The molecule has 0 atom stereocenters. The minimum Gasteiger partial charge on any atom is -0.465 e. The number of nitrogens with zero attached hydrogens (tertiary/aromatic N) is 1. The number of halogens is 1. The lowest BCUT2D eigenvalue weighted by Crippen LogP contribution is -2.15. The van der Waals surface area contributed by atoms with Gasteiger partial charge in [0.15, 0.2) is 0 Å². The number of carbonyl (C=O) groups is 2. The Kier molecular flexibility index (Phi) is 5.00. The molecular weight excluding hydrogens is 292 g/mol. The molecule has 0 radical (unpaired) electrons. The van der Waals surface area contributed by atoms with Crippen molar-refractivity contribution in [3.05, 3.63) is 53.3 Å². The zero-order chi connectivity index (χ0) is 15.2. The van der Waals surface area contributed by atoms with Crippen LogP contribution in [0.5, 0.6) is 0 Å². The van der Waals surface area contributed by atoms with E-state index in [0.717, 1.165) is 0 Å². The number of benzene rings is 1. The van der Waals surface area contributed by atoms with E-state index in [4.69, 9.17) is 11.6 Å². The summed E-state index contributed by atoms with van der Waals surface area (Å²) in [6.45, 7) is 0.577. The lowest BCUT2D eigenvalue weighted by molar-refractivity contribution is -0.116. The molecule has 21 heavy (non-hydrogen) atoms. The summed E-state index contributed by atoms with van der Waals surface area (Å²) in [5, 5.41) is 3.07. The Hall–Kier alpha value is -2.27. The number of hydrogen-bond donors (Lipinski definition) is 1. The molecule has 0 aliphatic carbocycles. The van der Waals surface area contributed by atoms with Crippen LogP contribution in [0.2, 0.25) is 5.02 Å². The predicted molar refractivity (Wildman–Crippen MR) is 80.5 cm³/mol. The van der Waals surface area contributed by atoms with Crippen molar-refractivity contribution in [3.8, 4) is 0 Å². The molecule has 0 unspecified atom stereocenters. The van der Waals surface area contributed by atoms with Gasteiger partial charge in [0.2, 0.25) is 5.91 Å². The summed E-state index contributed by atoms with van der Waals surface area (Å²) in [5.41, 5.74) is 0.736. The van der Waals surface area contributed by atoms with Crippen molar-refractivity contribution in [2.75, 3.05) is 12.4 Å². The van der Waals surface area contributed by atoms with Gasteiger partial charge in [-0.3, -0.25) is 4.79 Å². The number of amides is 1. The van der Waals surface area contributed by atoms with Gasteiger partial charge in [-0.2, -0.15) is 0 Å². The normalized spacial score (nSPS) is 10.2. The number of ether oxygens (including phenoxy) is 1. The van der Waals surface area contributed by atoms with Crippen LogP contribution in [0.3, 0.4) is 0 Å². The van der Waals surface area contributed by atoms with Crippen molar-refractivity contribution in [3.63, 3.8) is 0 Å². The molecule has 0 bridgehead atoms. The van der Waals surface area contributed by atoms with Gasteiger partial charge in [-0.25, -0.2) is 4.79 Å². The summed E-state index contributed by atoms with van der Waals surface area (Å²) in [4.78, 5) is 23.4. The number of carbonyl (C=O) groups excluding carboxylic acids is 2. The van der Waals surface area contributed by atoms with Crippen LogP contribution >= 0.6 is 11.6 Å². The van der Waals surface area contributed by atoms with E-state index in [1.165, 1.54) is 13.2 Å². The highest BCUT2D eigenvalue weighted by Gasteiger charge is 2.11. The number of anilines is 1. The van der Waals surface area contributed by atoms with Gasteiger partial charge in [-0.05, 0) is 30.3 Å². The third-order valence-electron chi connectivity index (χ3n) is 2.92. The van der Waals surface area contributed by atoms with Gasteiger partial charge in [0, 0.05) is 25.4 Å². The lowest BCUT2D eigenvalue weighted by Gasteiger charge is -2.09. The maximum atomic E-state index is 11.9. The summed E-state index contributed by atoms with van der Waals surface area (Å²) in [6, 6.07) is 8.39. The van der Waals surface area contributed by atoms with E-state index in [-0.39, 0.29) is 5.91 Å². The molecule has 1 aromatic heterocycles. The molecule has 5 nitrogen and oxygen atoms in total. The maximum Gasteiger partial charge on any atom is 0.337 e. The van der Waals surface area contributed by atoms with Crippen LogP contribution in [0, 0.1) is 0 Å². The zero-order valence-corrected chi connectivity index (χ0v) is 12.3. The molecule has 0 fully saturated rings. The van der Waals surface area contributed by atoms with Crippen molar-refractivity contribution in [2.45, 2.75) is 13.0 Å². The molecule has 110 valence electrons. The SMILES string of the molecule is COC(=O)c1ccc(Cl)c(NC(=O)CCn2cccc2)c1. The van der Waals surface area contributed by atoms with Gasteiger partial charge in [0.25, 0.3) is 0 Å². The first-order valence-electron chi connectivity index (χ1n) is 6.38. The number of hydrogen-bond acceptors (Lipinski definition) is 3. The quantitative estimate of drug-likeness (QED) is 0.864. The zero-order valence-electron chi connectivity index (χ0n) is 11.5. The number of nitrogens with one attached hydrogen (secondary N) is 1. The topological polar surface area (TPSA) is 60.3 Å². The van der Waals surface area contributed by atoms with Crippen molar-refractivity contribution in [1.29, 1.82) is 0 Å². The highest BCUT2D eigenvalue weighted by molar-refractivity contribution is 6.33. The minimum atomic E-state index is -0.477. The van der Waals surface area contributed by atoms with Gasteiger partial charge in [0.05, 0.1) is 23.4 Å². The molecule has 6 heteroatoms. The standard InChI is InChI=1S/C15H15ClN2O3/c1-21-15(20)11-4-5-12(16)13(10-11)17-14(19)6-9-18-7-2-3-8-18/h2-5,7-8,10H,6,9H2,1H3,(H,17,19). The Labute approximate surface area is 127 Å². The summed E-state index contributed by atoms with van der Waals surface area (Å²) >= 11 is 6.02. The van der Waals surface area contributed by atoms with E-state index in [2.05, 4.69) is 10.1 Å². The molecular formula is C15H15ClN2O3. The monoisotopic (exact) mass is 306 g/mol. The van der Waals surface area contributed by atoms with Gasteiger partial charge in [-0.15, -0.1) is 0 Å². The number of methoxy groups -OCH3 is 1. The Bertz CT molecular complexity index is 638. The van der Waals surface area contributed by atoms with Crippen molar-refractivity contribution in [1.82, 2.24) is 4.57 Å². The summed E-state index contributed by atoms with van der Waals surface area (Å²) in [6.07, 6.45) is 4.09. The Morgan fingerprint density at radius 2 is 2.00 bits per heavy atom. The largest absolute Gasteiger partial charge is 0.465 e. The van der Waals surface area contributed by atoms with Crippen LogP contribution in [0.4, 0.5) is 5.69 Å². The number of esters is 1. The highest BCUT2D eigenvalue weighted by atomic mass is 35.5. The summed E-state index contributed by atoms with van der Waals surface area (Å²) in [5.74, 6) is -0.651. The summed E-state index contributed by atoms with van der Waals surface area (Å²) in [7, 11) is 1.30. The fourth-order valence-corrected chi connectivity index (χ4v) is 1.99. The highest BCUT2D eigenvalue weighted by Crippen LogP contribution is 2.23. The van der Waals surface area contributed by atoms with Crippen molar-refractivity contribution in [2.24, 2.45) is 0 Å². The average molecular weight is 307 g/mol. The molecule has 0 aliphatic rings. The van der Waals surface area contributed by atoms with Crippen molar-refractivity contribution < 1.29 is 14.3 Å². The Balaban J connectivity index is 2.01. The fourth-order valence-electron chi connectivity index (χ4n) is 1.83. The number of rotatable bonds is 5. The fraction of sp³-hybridized carbons (Fsp3) is 0.200. The van der Waals surface area contributed by atoms with Gasteiger partial charge in [0.1, 0.15) is 0 Å².